The summed E-state index contributed by atoms with van der Waals surface area (Å²) in [6, 6.07) is 8.32. The van der Waals surface area contributed by atoms with Gasteiger partial charge in [-0.1, -0.05) is 18.2 Å². The van der Waals surface area contributed by atoms with E-state index in [1.807, 2.05) is 6.07 Å². The zero-order valence-electron chi connectivity index (χ0n) is 11.7. The highest BCUT2D eigenvalue weighted by atomic mass is 16.5. The van der Waals surface area contributed by atoms with Crippen molar-refractivity contribution in [2.24, 2.45) is 0 Å². The van der Waals surface area contributed by atoms with Crippen LogP contribution in [0, 0.1) is 0 Å². The van der Waals surface area contributed by atoms with Gasteiger partial charge in [-0.15, -0.1) is 0 Å². The molecule has 1 aromatic heterocycles. The fourth-order valence-electron chi connectivity index (χ4n) is 3.33. The minimum atomic E-state index is -0.00811. The van der Waals surface area contributed by atoms with E-state index < -0.39 is 0 Å². The second kappa shape index (κ2) is 5.16. The fourth-order valence-corrected chi connectivity index (χ4v) is 3.33. The zero-order chi connectivity index (χ0) is 14.2. The van der Waals surface area contributed by atoms with Crippen molar-refractivity contribution in [2.45, 2.75) is 25.1 Å². The number of benzene rings is 1. The first kappa shape index (κ1) is 12.9. The largest absolute Gasteiger partial charge is 0.464 e. The number of rotatable bonds is 2. The van der Waals surface area contributed by atoms with E-state index in [1.165, 1.54) is 5.56 Å². The number of hydrogen-bond acceptors (Lipinski definition) is 4. The molecule has 5 nitrogen and oxygen atoms in total. The number of hydrogen-bond donors (Lipinski definition) is 1. The third-order valence-corrected chi connectivity index (χ3v) is 4.36. The molecule has 0 radical (unpaired) electrons. The van der Waals surface area contributed by atoms with E-state index in [9.17, 15) is 4.79 Å². The summed E-state index contributed by atoms with van der Waals surface area (Å²) < 4.78 is 11.2. The average Bonchev–Trinajstić information content (AvgIpc) is 2.96. The molecule has 1 N–H and O–H groups in total. The standard InChI is InChI=1S/C16H18N2O3/c19-15-10-21-14-4-6-18(9-13(14)17-15)8-12-3-1-2-11-5-7-20-16(11)12/h1-3,5,7,13-14H,4,6,8-10H2,(H,17,19)/t13-,14-/m1/s1. The Kier molecular flexibility index (Phi) is 3.16. The number of carbonyl (C=O) groups is 1. The molecule has 2 saturated heterocycles. The molecule has 5 heteroatoms. The lowest BCUT2D eigenvalue weighted by atomic mass is 9.99. The molecule has 2 aromatic rings. The normalized spacial score (nSPS) is 26.6. The molecular formula is C16H18N2O3. The highest BCUT2D eigenvalue weighted by Gasteiger charge is 2.34. The van der Waals surface area contributed by atoms with Crippen molar-refractivity contribution in [1.29, 1.82) is 0 Å². The number of piperidine rings is 1. The summed E-state index contributed by atoms with van der Waals surface area (Å²) in [6.07, 6.45) is 2.85. The van der Waals surface area contributed by atoms with Gasteiger partial charge in [-0.2, -0.15) is 0 Å². The maximum absolute atomic E-state index is 11.5. The van der Waals surface area contributed by atoms with Crippen LogP contribution in [-0.2, 0) is 16.1 Å². The van der Waals surface area contributed by atoms with Gasteiger partial charge in [0, 0.05) is 30.6 Å². The SMILES string of the molecule is O=C1CO[C@@H]2CCN(Cc3cccc4ccoc34)C[C@H]2N1. The average molecular weight is 286 g/mol. The summed E-state index contributed by atoms with van der Waals surface area (Å²) in [5.74, 6) is -0.00811. The summed E-state index contributed by atoms with van der Waals surface area (Å²) in [4.78, 5) is 13.8. The number of likely N-dealkylation sites (tertiary alicyclic amines) is 1. The van der Waals surface area contributed by atoms with E-state index in [0.717, 1.165) is 37.0 Å². The first-order valence-corrected chi connectivity index (χ1v) is 7.38. The molecule has 21 heavy (non-hydrogen) atoms. The molecule has 0 aliphatic carbocycles. The van der Waals surface area contributed by atoms with Crippen LogP contribution in [0.1, 0.15) is 12.0 Å². The van der Waals surface area contributed by atoms with Crippen LogP contribution in [0.2, 0.25) is 0 Å². The van der Waals surface area contributed by atoms with Gasteiger partial charge in [0.15, 0.2) is 0 Å². The summed E-state index contributed by atoms with van der Waals surface area (Å²) in [5, 5.41) is 4.17. The van der Waals surface area contributed by atoms with E-state index >= 15 is 0 Å². The highest BCUT2D eigenvalue weighted by Crippen LogP contribution is 2.24. The molecule has 0 spiro atoms. The van der Waals surface area contributed by atoms with E-state index in [2.05, 4.69) is 28.4 Å². The third-order valence-electron chi connectivity index (χ3n) is 4.36. The quantitative estimate of drug-likeness (QED) is 0.909. The van der Waals surface area contributed by atoms with E-state index in [4.69, 9.17) is 9.15 Å². The number of nitrogens with one attached hydrogen (secondary N) is 1. The zero-order valence-corrected chi connectivity index (χ0v) is 11.7. The molecule has 1 aromatic carbocycles. The van der Waals surface area contributed by atoms with Gasteiger partial charge in [0.25, 0.3) is 0 Å². The van der Waals surface area contributed by atoms with Gasteiger partial charge < -0.3 is 14.5 Å². The van der Waals surface area contributed by atoms with Gasteiger partial charge in [0.2, 0.25) is 5.91 Å². The first-order valence-electron chi connectivity index (χ1n) is 7.38. The Bertz CT molecular complexity index is 666. The van der Waals surface area contributed by atoms with Gasteiger partial charge in [0.1, 0.15) is 12.2 Å². The molecule has 0 saturated carbocycles. The van der Waals surface area contributed by atoms with Crippen molar-refractivity contribution >= 4 is 16.9 Å². The van der Waals surface area contributed by atoms with Crippen LogP contribution >= 0.6 is 0 Å². The van der Waals surface area contributed by atoms with Gasteiger partial charge >= 0.3 is 0 Å². The summed E-state index contributed by atoms with van der Waals surface area (Å²) in [7, 11) is 0. The van der Waals surface area contributed by atoms with Gasteiger partial charge in [-0.05, 0) is 12.5 Å². The lowest BCUT2D eigenvalue weighted by Crippen LogP contribution is -2.60. The van der Waals surface area contributed by atoms with Crippen LogP contribution in [0.5, 0.6) is 0 Å². The monoisotopic (exact) mass is 286 g/mol. The molecule has 0 unspecified atom stereocenters. The molecule has 110 valence electrons. The van der Waals surface area contributed by atoms with Crippen LogP contribution in [0.25, 0.3) is 11.0 Å². The molecule has 2 fully saturated rings. The minimum absolute atomic E-state index is 0.00811. The Morgan fingerprint density at radius 3 is 3.24 bits per heavy atom. The number of furan rings is 1. The lowest BCUT2D eigenvalue weighted by molar-refractivity contribution is -0.140. The van der Waals surface area contributed by atoms with Gasteiger partial charge in [0.05, 0.1) is 18.4 Å². The van der Waals surface area contributed by atoms with E-state index in [-0.39, 0.29) is 24.7 Å². The number of morpholine rings is 1. The van der Waals surface area contributed by atoms with Crippen molar-refractivity contribution < 1.29 is 13.9 Å². The number of carbonyl (C=O) groups excluding carboxylic acids is 1. The topological polar surface area (TPSA) is 54.7 Å². The Hall–Kier alpha value is -1.85. The maximum atomic E-state index is 11.5. The molecule has 4 rings (SSSR count). The van der Waals surface area contributed by atoms with E-state index in [1.54, 1.807) is 6.26 Å². The number of ether oxygens (including phenoxy) is 1. The number of para-hydroxylation sites is 1. The Morgan fingerprint density at radius 1 is 1.33 bits per heavy atom. The molecule has 3 heterocycles. The second-order valence-electron chi connectivity index (χ2n) is 5.80. The van der Waals surface area contributed by atoms with Crippen LogP contribution in [0.15, 0.2) is 34.9 Å². The summed E-state index contributed by atoms with van der Waals surface area (Å²) in [5.41, 5.74) is 2.16. The van der Waals surface area contributed by atoms with Crippen molar-refractivity contribution in [1.82, 2.24) is 10.2 Å². The van der Waals surface area contributed by atoms with Crippen molar-refractivity contribution in [3.63, 3.8) is 0 Å². The number of nitrogens with zero attached hydrogens (tertiary/aromatic N) is 1. The van der Waals surface area contributed by atoms with Crippen LogP contribution in [0.4, 0.5) is 0 Å². The van der Waals surface area contributed by atoms with Gasteiger partial charge in [-0.3, -0.25) is 9.69 Å². The molecule has 1 amide bonds. The Balaban J connectivity index is 1.50. The molecule has 0 bridgehead atoms. The lowest BCUT2D eigenvalue weighted by Gasteiger charge is -2.41. The number of amides is 1. The smallest absolute Gasteiger partial charge is 0.246 e. The fraction of sp³-hybridized carbons (Fsp3) is 0.438. The van der Waals surface area contributed by atoms with Crippen molar-refractivity contribution in [3.05, 3.63) is 36.1 Å². The van der Waals surface area contributed by atoms with Crippen molar-refractivity contribution in [2.75, 3.05) is 19.7 Å². The number of fused-ring (bicyclic) bond motifs is 2. The molecule has 2 aliphatic rings. The highest BCUT2D eigenvalue weighted by molar-refractivity contribution is 5.80. The van der Waals surface area contributed by atoms with Crippen molar-refractivity contribution in [3.8, 4) is 0 Å². The third kappa shape index (κ3) is 2.43. The van der Waals surface area contributed by atoms with Gasteiger partial charge in [-0.25, -0.2) is 0 Å². The van der Waals surface area contributed by atoms with Crippen LogP contribution < -0.4 is 5.32 Å². The van der Waals surface area contributed by atoms with Crippen LogP contribution in [-0.4, -0.2) is 42.6 Å². The Labute approximate surface area is 122 Å². The molecule has 2 atom stereocenters. The molecule has 2 aliphatic heterocycles. The second-order valence-corrected chi connectivity index (χ2v) is 5.80. The summed E-state index contributed by atoms with van der Waals surface area (Å²) >= 11 is 0. The predicted molar refractivity (Wildman–Crippen MR) is 77.8 cm³/mol. The maximum Gasteiger partial charge on any atom is 0.246 e. The van der Waals surface area contributed by atoms with E-state index in [0.29, 0.717) is 0 Å². The minimum Gasteiger partial charge on any atom is -0.464 e. The first-order chi connectivity index (χ1) is 10.3. The summed E-state index contributed by atoms with van der Waals surface area (Å²) in [6.45, 7) is 2.85. The van der Waals surface area contributed by atoms with Crippen LogP contribution in [0.3, 0.4) is 0 Å². The molecular weight excluding hydrogens is 268 g/mol. The Morgan fingerprint density at radius 2 is 2.29 bits per heavy atom. The predicted octanol–water partition coefficient (Wildman–Crippen LogP) is 1.52.